The summed E-state index contributed by atoms with van der Waals surface area (Å²) in [6.45, 7) is 1.84. The molecule has 1 heterocycles. The predicted molar refractivity (Wildman–Crippen MR) is 71.7 cm³/mol. The summed E-state index contributed by atoms with van der Waals surface area (Å²) >= 11 is 8.03. The highest BCUT2D eigenvalue weighted by atomic mass is 79.9. The van der Waals surface area contributed by atoms with E-state index < -0.39 is 12.1 Å². The van der Waals surface area contributed by atoms with Gasteiger partial charge in [-0.2, -0.15) is 0 Å². The molecule has 1 amide bonds. The van der Waals surface area contributed by atoms with Gasteiger partial charge in [-0.15, -0.1) is 11.3 Å². The summed E-state index contributed by atoms with van der Waals surface area (Å²) in [5.41, 5.74) is 6.17. The molecule has 16 heavy (non-hydrogen) atoms. The molecule has 0 saturated carbocycles. The van der Waals surface area contributed by atoms with Gasteiger partial charge in [-0.25, -0.2) is 0 Å². The van der Waals surface area contributed by atoms with E-state index in [-0.39, 0.29) is 12.5 Å². The van der Waals surface area contributed by atoms with E-state index >= 15 is 0 Å². The summed E-state index contributed by atoms with van der Waals surface area (Å²) in [5.74, 6) is -0.204. The monoisotopic (exact) mass is 370 g/mol. The minimum absolute atomic E-state index is 0.204. The number of amides is 1. The standard InChI is InChI=1S/C9H12Br2N2O2S/c1-4(14)6(12)3-13-9(15)5-2-7(10)16-8(5)11/h2,4,6,14H,3,12H2,1H3,(H,13,15). The molecule has 1 aromatic heterocycles. The Labute approximate surface area is 114 Å². The topological polar surface area (TPSA) is 75.3 Å². The van der Waals surface area contributed by atoms with Crippen molar-refractivity contribution < 1.29 is 9.90 Å². The molecule has 0 bridgehead atoms. The molecule has 7 heteroatoms. The average molecular weight is 372 g/mol. The van der Waals surface area contributed by atoms with Gasteiger partial charge in [-0.3, -0.25) is 4.79 Å². The van der Waals surface area contributed by atoms with E-state index in [1.807, 2.05) is 0 Å². The van der Waals surface area contributed by atoms with Crippen LogP contribution in [0.25, 0.3) is 0 Å². The normalized spacial score (nSPS) is 14.6. The number of thiophene rings is 1. The first-order valence-corrected chi connectivity index (χ1v) is 6.98. The van der Waals surface area contributed by atoms with Gasteiger partial charge in [0, 0.05) is 12.6 Å². The van der Waals surface area contributed by atoms with Gasteiger partial charge in [0.05, 0.1) is 19.2 Å². The zero-order valence-corrected chi connectivity index (χ0v) is 12.5. The SMILES string of the molecule is CC(O)C(N)CNC(=O)c1cc(Br)sc1Br. The van der Waals surface area contributed by atoms with Crippen molar-refractivity contribution in [2.45, 2.75) is 19.1 Å². The lowest BCUT2D eigenvalue weighted by Gasteiger charge is -2.14. The van der Waals surface area contributed by atoms with Crippen LogP contribution in [0.2, 0.25) is 0 Å². The molecule has 4 nitrogen and oxygen atoms in total. The van der Waals surface area contributed by atoms with Gasteiger partial charge in [-0.1, -0.05) is 0 Å². The fourth-order valence-corrected chi connectivity index (χ4v) is 3.76. The Kier molecular flexibility index (Phi) is 5.39. The lowest BCUT2D eigenvalue weighted by atomic mass is 10.2. The second kappa shape index (κ2) is 6.11. The molecule has 1 aromatic rings. The number of aliphatic hydroxyl groups excluding tert-OH is 1. The molecule has 4 N–H and O–H groups in total. The minimum atomic E-state index is -0.641. The molecule has 1 rings (SSSR count). The summed E-state index contributed by atoms with van der Waals surface area (Å²) < 4.78 is 1.65. The smallest absolute Gasteiger partial charge is 0.253 e. The molecule has 0 spiro atoms. The predicted octanol–water partition coefficient (Wildman–Crippen LogP) is 1.71. The van der Waals surface area contributed by atoms with E-state index in [1.165, 1.54) is 11.3 Å². The molecule has 0 saturated heterocycles. The lowest BCUT2D eigenvalue weighted by Crippen LogP contribution is -2.43. The lowest BCUT2D eigenvalue weighted by molar-refractivity contribution is 0.0937. The van der Waals surface area contributed by atoms with Crippen molar-refractivity contribution >= 4 is 49.1 Å². The number of halogens is 2. The van der Waals surface area contributed by atoms with Gasteiger partial charge < -0.3 is 16.2 Å². The molecule has 0 fully saturated rings. The Hall–Kier alpha value is 0.0500. The Balaban J connectivity index is 2.56. The fraction of sp³-hybridized carbons (Fsp3) is 0.444. The highest BCUT2D eigenvalue weighted by molar-refractivity contribution is 9.12. The first-order valence-electron chi connectivity index (χ1n) is 4.58. The van der Waals surface area contributed by atoms with Crippen LogP contribution in [0.3, 0.4) is 0 Å². The van der Waals surface area contributed by atoms with Gasteiger partial charge in [0.15, 0.2) is 0 Å². The molecule has 2 atom stereocenters. The fourth-order valence-electron chi connectivity index (χ4n) is 0.971. The summed E-state index contributed by atoms with van der Waals surface area (Å²) in [5, 5.41) is 11.8. The molecule has 2 unspecified atom stereocenters. The van der Waals surface area contributed by atoms with E-state index in [0.717, 1.165) is 7.57 Å². The Bertz CT molecular complexity index is 382. The van der Waals surface area contributed by atoms with Crippen molar-refractivity contribution in [2.75, 3.05) is 6.54 Å². The van der Waals surface area contributed by atoms with Crippen molar-refractivity contribution in [3.8, 4) is 0 Å². The Morgan fingerprint density at radius 1 is 1.69 bits per heavy atom. The van der Waals surface area contributed by atoms with Crippen molar-refractivity contribution in [2.24, 2.45) is 5.73 Å². The zero-order chi connectivity index (χ0) is 12.3. The van der Waals surface area contributed by atoms with Gasteiger partial charge in [0.25, 0.3) is 5.91 Å². The molecule has 0 aliphatic carbocycles. The van der Waals surface area contributed by atoms with E-state index in [4.69, 9.17) is 5.73 Å². The largest absolute Gasteiger partial charge is 0.392 e. The molecule has 0 aliphatic heterocycles. The summed E-state index contributed by atoms with van der Waals surface area (Å²) in [7, 11) is 0. The Morgan fingerprint density at radius 3 is 2.75 bits per heavy atom. The highest BCUT2D eigenvalue weighted by Gasteiger charge is 2.15. The van der Waals surface area contributed by atoms with Crippen LogP contribution in [0.1, 0.15) is 17.3 Å². The van der Waals surface area contributed by atoms with Crippen LogP contribution < -0.4 is 11.1 Å². The number of hydrogen-bond donors (Lipinski definition) is 3. The maximum Gasteiger partial charge on any atom is 0.253 e. The van der Waals surface area contributed by atoms with Gasteiger partial charge in [0.1, 0.15) is 0 Å². The first-order chi connectivity index (χ1) is 7.41. The molecule has 90 valence electrons. The van der Waals surface area contributed by atoms with E-state index in [1.54, 1.807) is 13.0 Å². The molecule has 0 aromatic carbocycles. The van der Waals surface area contributed by atoms with Crippen LogP contribution in [0, 0.1) is 0 Å². The van der Waals surface area contributed by atoms with E-state index in [2.05, 4.69) is 37.2 Å². The number of carbonyl (C=O) groups is 1. The van der Waals surface area contributed by atoms with Crippen molar-refractivity contribution in [3.05, 3.63) is 19.2 Å². The van der Waals surface area contributed by atoms with Crippen LogP contribution >= 0.6 is 43.2 Å². The van der Waals surface area contributed by atoms with E-state index in [0.29, 0.717) is 5.56 Å². The molecular formula is C9H12Br2N2O2S. The highest BCUT2D eigenvalue weighted by Crippen LogP contribution is 2.31. The molecular weight excluding hydrogens is 360 g/mol. The van der Waals surface area contributed by atoms with Gasteiger partial charge in [0.2, 0.25) is 0 Å². The summed E-state index contributed by atoms with van der Waals surface area (Å²) in [6, 6.07) is 1.28. The third kappa shape index (κ3) is 3.81. The number of nitrogens with two attached hydrogens (primary N) is 1. The summed E-state index contributed by atoms with van der Waals surface area (Å²) in [4.78, 5) is 11.7. The second-order valence-electron chi connectivity index (χ2n) is 3.35. The summed E-state index contributed by atoms with van der Waals surface area (Å²) in [6.07, 6.45) is -0.641. The number of nitrogens with one attached hydrogen (secondary N) is 1. The van der Waals surface area contributed by atoms with Crippen molar-refractivity contribution in [3.63, 3.8) is 0 Å². The average Bonchev–Trinajstić information content (AvgIpc) is 2.53. The van der Waals surface area contributed by atoms with Crippen LogP contribution in [0.5, 0.6) is 0 Å². The third-order valence-electron chi connectivity index (χ3n) is 2.02. The molecule has 0 radical (unpaired) electrons. The van der Waals surface area contributed by atoms with Crippen LogP contribution in [0.15, 0.2) is 13.6 Å². The number of rotatable bonds is 4. The van der Waals surface area contributed by atoms with Crippen molar-refractivity contribution in [1.29, 1.82) is 0 Å². The second-order valence-corrected chi connectivity index (χ2v) is 7.10. The zero-order valence-electron chi connectivity index (χ0n) is 8.54. The minimum Gasteiger partial charge on any atom is -0.392 e. The Morgan fingerprint density at radius 2 is 2.31 bits per heavy atom. The first kappa shape index (κ1) is 14.1. The number of hydrogen-bond acceptors (Lipinski definition) is 4. The van der Waals surface area contributed by atoms with E-state index in [9.17, 15) is 9.90 Å². The van der Waals surface area contributed by atoms with Gasteiger partial charge in [-0.05, 0) is 44.8 Å². The molecule has 0 aliphatic rings. The van der Waals surface area contributed by atoms with Crippen LogP contribution in [-0.4, -0.2) is 29.7 Å². The van der Waals surface area contributed by atoms with Gasteiger partial charge >= 0.3 is 0 Å². The maximum absolute atomic E-state index is 11.7. The third-order valence-corrected chi connectivity index (χ3v) is 4.36. The van der Waals surface area contributed by atoms with Crippen molar-refractivity contribution in [1.82, 2.24) is 5.32 Å². The quantitative estimate of drug-likeness (QED) is 0.754. The number of carbonyl (C=O) groups excluding carboxylic acids is 1. The van der Waals surface area contributed by atoms with Crippen LogP contribution in [0.4, 0.5) is 0 Å². The van der Waals surface area contributed by atoms with Crippen LogP contribution in [-0.2, 0) is 0 Å². The maximum atomic E-state index is 11.7. The number of aliphatic hydroxyl groups is 1.